The van der Waals surface area contributed by atoms with Crippen molar-refractivity contribution in [2.24, 2.45) is 0 Å². The van der Waals surface area contributed by atoms with E-state index in [1.54, 1.807) is 13.0 Å². The van der Waals surface area contributed by atoms with E-state index in [-0.39, 0.29) is 29.1 Å². The standard InChI is InChI=1S/C19H19FO5S/c1-12-3-4-14(11-17(12)20)18(16(9-10-21)19(22)23)13-5-7-15(8-6-13)26(2,24)25/h3-8,11,21H,9-10H2,1-2H3,(H,22,23). The van der Waals surface area contributed by atoms with Gasteiger partial charge in [-0.25, -0.2) is 17.6 Å². The molecule has 0 atom stereocenters. The van der Waals surface area contributed by atoms with Gasteiger partial charge in [-0.1, -0.05) is 24.3 Å². The van der Waals surface area contributed by atoms with Crippen LogP contribution in [0.25, 0.3) is 5.57 Å². The predicted molar refractivity (Wildman–Crippen MR) is 96.0 cm³/mol. The van der Waals surface area contributed by atoms with Crippen molar-refractivity contribution in [2.45, 2.75) is 18.2 Å². The number of carbonyl (C=O) groups is 1. The summed E-state index contributed by atoms with van der Waals surface area (Å²) in [6.07, 6.45) is 0.941. The average Bonchev–Trinajstić information content (AvgIpc) is 2.57. The smallest absolute Gasteiger partial charge is 0.332 e. The maximum Gasteiger partial charge on any atom is 0.332 e. The Morgan fingerprint density at radius 3 is 2.12 bits per heavy atom. The number of aliphatic hydroxyl groups is 1. The molecule has 2 aromatic rings. The molecule has 0 spiro atoms. The number of halogens is 1. The lowest BCUT2D eigenvalue weighted by Crippen LogP contribution is -2.08. The van der Waals surface area contributed by atoms with Crippen LogP contribution in [-0.4, -0.2) is 37.5 Å². The Hall–Kier alpha value is -2.51. The van der Waals surface area contributed by atoms with Gasteiger partial charge >= 0.3 is 5.97 Å². The molecule has 0 aliphatic carbocycles. The zero-order valence-corrected chi connectivity index (χ0v) is 15.2. The maximum atomic E-state index is 14.0. The van der Waals surface area contributed by atoms with Crippen LogP contribution in [0.3, 0.4) is 0 Å². The number of rotatable bonds is 6. The van der Waals surface area contributed by atoms with Gasteiger partial charge in [0, 0.05) is 24.9 Å². The number of sulfone groups is 1. The van der Waals surface area contributed by atoms with Crippen LogP contribution < -0.4 is 0 Å². The van der Waals surface area contributed by atoms with E-state index in [4.69, 9.17) is 0 Å². The lowest BCUT2D eigenvalue weighted by atomic mass is 9.91. The molecule has 2 N–H and O–H groups in total. The Bertz CT molecular complexity index is 960. The van der Waals surface area contributed by atoms with E-state index < -0.39 is 21.6 Å². The molecular formula is C19H19FO5S. The molecule has 0 heterocycles. The van der Waals surface area contributed by atoms with Gasteiger partial charge in [-0.15, -0.1) is 0 Å². The number of hydrogen-bond acceptors (Lipinski definition) is 4. The largest absolute Gasteiger partial charge is 0.478 e. The first kappa shape index (κ1) is 19.8. The number of carboxylic acid groups (broad SMARTS) is 1. The molecule has 2 rings (SSSR count). The molecule has 26 heavy (non-hydrogen) atoms. The second-order valence-electron chi connectivity index (χ2n) is 5.89. The summed E-state index contributed by atoms with van der Waals surface area (Å²) in [4.78, 5) is 11.8. The van der Waals surface area contributed by atoms with Crippen molar-refractivity contribution in [1.82, 2.24) is 0 Å². The fourth-order valence-electron chi connectivity index (χ4n) is 2.58. The molecule has 0 bridgehead atoms. The number of hydrogen-bond donors (Lipinski definition) is 2. The zero-order chi connectivity index (χ0) is 19.5. The van der Waals surface area contributed by atoms with E-state index in [9.17, 15) is 27.8 Å². The third-order valence-corrected chi connectivity index (χ3v) is 5.08. The van der Waals surface area contributed by atoms with E-state index >= 15 is 0 Å². The summed E-state index contributed by atoms with van der Waals surface area (Å²) < 4.78 is 37.3. The summed E-state index contributed by atoms with van der Waals surface area (Å²) in [7, 11) is -3.40. The molecular weight excluding hydrogens is 359 g/mol. The first-order valence-corrected chi connectivity index (χ1v) is 9.68. The van der Waals surface area contributed by atoms with Crippen molar-refractivity contribution < 1.29 is 27.8 Å². The molecule has 0 saturated carbocycles. The van der Waals surface area contributed by atoms with Crippen molar-refractivity contribution in [3.63, 3.8) is 0 Å². The van der Waals surface area contributed by atoms with Crippen LogP contribution in [0, 0.1) is 12.7 Å². The summed E-state index contributed by atoms with van der Waals surface area (Å²) in [5, 5.41) is 18.8. The summed E-state index contributed by atoms with van der Waals surface area (Å²) >= 11 is 0. The highest BCUT2D eigenvalue weighted by Gasteiger charge is 2.19. The lowest BCUT2D eigenvalue weighted by molar-refractivity contribution is -0.132. The topological polar surface area (TPSA) is 91.7 Å². The minimum absolute atomic E-state index is 0.0807. The van der Waals surface area contributed by atoms with Gasteiger partial charge in [0.1, 0.15) is 5.82 Å². The second-order valence-corrected chi connectivity index (χ2v) is 7.91. The van der Waals surface area contributed by atoms with Crippen LogP contribution in [-0.2, 0) is 14.6 Å². The number of benzene rings is 2. The van der Waals surface area contributed by atoms with Crippen molar-refractivity contribution in [3.8, 4) is 0 Å². The normalized spacial score (nSPS) is 12.6. The van der Waals surface area contributed by atoms with Gasteiger partial charge in [0.15, 0.2) is 9.84 Å². The predicted octanol–water partition coefficient (Wildman–Crippen LogP) is 2.81. The molecule has 0 radical (unpaired) electrons. The molecule has 5 nitrogen and oxygen atoms in total. The quantitative estimate of drug-likeness (QED) is 0.754. The Balaban J connectivity index is 2.73. The van der Waals surface area contributed by atoms with Crippen LogP contribution >= 0.6 is 0 Å². The van der Waals surface area contributed by atoms with E-state index in [1.807, 2.05) is 0 Å². The third kappa shape index (κ3) is 4.36. The van der Waals surface area contributed by atoms with Crippen molar-refractivity contribution >= 4 is 21.4 Å². The molecule has 7 heteroatoms. The van der Waals surface area contributed by atoms with E-state index in [0.717, 1.165) is 6.26 Å². The monoisotopic (exact) mass is 378 g/mol. The van der Waals surface area contributed by atoms with Gasteiger partial charge in [-0.05, 0) is 47.4 Å². The SMILES string of the molecule is Cc1ccc(C(=C(CCO)C(=O)O)c2ccc(S(C)(=O)=O)cc2)cc1F. The van der Waals surface area contributed by atoms with Gasteiger partial charge in [-0.2, -0.15) is 0 Å². The summed E-state index contributed by atoms with van der Waals surface area (Å²) in [5.41, 5.74) is 1.34. The minimum atomic E-state index is -3.40. The average molecular weight is 378 g/mol. The second kappa shape index (κ2) is 7.80. The number of aryl methyl sites for hydroxylation is 1. The fraction of sp³-hybridized carbons (Fsp3) is 0.211. The highest BCUT2D eigenvalue weighted by molar-refractivity contribution is 7.90. The van der Waals surface area contributed by atoms with Gasteiger partial charge in [0.2, 0.25) is 0 Å². The van der Waals surface area contributed by atoms with Gasteiger partial charge in [0.05, 0.1) is 4.90 Å². The first-order valence-electron chi connectivity index (χ1n) is 7.79. The van der Waals surface area contributed by atoms with E-state index in [0.29, 0.717) is 16.7 Å². The molecule has 0 saturated heterocycles. The molecule has 0 aliphatic heterocycles. The van der Waals surface area contributed by atoms with Crippen molar-refractivity contribution in [2.75, 3.05) is 12.9 Å². The van der Waals surface area contributed by atoms with Crippen LogP contribution in [0.15, 0.2) is 52.9 Å². The van der Waals surface area contributed by atoms with Crippen LogP contribution in [0.2, 0.25) is 0 Å². The molecule has 0 amide bonds. The molecule has 0 aromatic heterocycles. The van der Waals surface area contributed by atoms with Gasteiger partial charge in [-0.3, -0.25) is 0 Å². The number of aliphatic hydroxyl groups excluding tert-OH is 1. The molecule has 0 fully saturated rings. The van der Waals surface area contributed by atoms with Crippen molar-refractivity contribution in [1.29, 1.82) is 0 Å². The Morgan fingerprint density at radius 2 is 1.65 bits per heavy atom. The Labute approximate surface area is 151 Å². The summed E-state index contributed by atoms with van der Waals surface area (Å²) in [6.45, 7) is 1.20. The minimum Gasteiger partial charge on any atom is -0.478 e. The maximum absolute atomic E-state index is 14.0. The van der Waals surface area contributed by atoms with Gasteiger partial charge in [0.25, 0.3) is 0 Å². The van der Waals surface area contributed by atoms with Crippen LogP contribution in [0.4, 0.5) is 4.39 Å². The zero-order valence-electron chi connectivity index (χ0n) is 14.4. The van der Waals surface area contributed by atoms with Crippen LogP contribution in [0.1, 0.15) is 23.1 Å². The Morgan fingerprint density at radius 1 is 1.08 bits per heavy atom. The fourth-order valence-corrected chi connectivity index (χ4v) is 3.21. The highest BCUT2D eigenvalue weighted by atomic mass is 32.2. The molecule has 2 aromatic carbocycles. The lowest BCUT2D eigenvalue weighted by Gasteiger charge is -2.14. The van der Waals surface area contributed by atoms with Gasteiger partial charge < -0.3 is 10.2 Å². The molecule has 0 unspecified atom stereocenters. The number of aliphatic carboxylic acids is 1. The molecule has 138 valence electrons. The third-order valence-electron chi connectivity index (χ3n) is 3.95. The highest BCUT2D eigenvalue weighted by Crippen LogP contribution is 2.30. The van der Waals surface area contributed by atoms with Crippen molar-refractivity contribution in [3.05, 3.63) is 70.5 Å². The number of carboxylic acids is 1. The van der Waals surface area contributed by atoms with E-state index in [1.165, 1.54) is 36.4 Å². The summed E-state index contributed by atoms with van der Waals surface area (Å²) in [5.74, 6) is -1.72. The van der Waals surface area contributed by atoms with E-state index in [2.05, 4.69) is 0 Å². The first-order chi connectivity index (χ1) is 12.1. The Kier molecular flexibility index (Phi) is 5.94. The molecule has 0 aliphatic rings. The van der Waals surface area contributed by atoms with Crippen LogP contribution in [0.5, 0.6) is 0 Å². The summed E-state index contributed by atoms with van der Waals surface area (Å²) in [6, 6.07) is 10.1.